The third-order valence-corrected chi connectivity index (χ3v) is 2.84. The highest BCUT2D eigenvalue weighted by Crippen LogP contribution is 2.26. The van der Waals surface area contributed by atoms with Crippen molar-refractivity contribution in [1.82, 2.24) is 15.0 Å². The van der Waals surface area contributed by atoms with Crippen LogP contribution in [-0.4, -0.2) is 31.8 Å². The third kappa shape index (κ3) is 2.11. The Bertz CT molecular complexity index is 767. The van der Waals surface area contributed by atoms with Gasteiger partial charge >= 0.3 is 0 Å². The van der Waals surface area contributed by atoms with Gasteiger partial charge in [-0.05, 0) is 31.2 Å². The second kappa shape index (κ2) is 4.73. The lowest BCUT2D eigenvalue weighted by Crippen LogP contribution is -1.98. The van der Waals surface area contributed by atoms with Crippen molar-refractivity contribution in [3.63, 3.8) is 0 Å². The Morgan fingerprint density at radius 3 is 2.60 bits per heavy atom. The molecule has 2 N–H and O–H groups in total. The first kappa shape index (κ1) is 12.3. The molecule has 0 fully saturated rings. The summed E-state index contributed by atoms with van der Waals surface area (Å²) in [5.74, 6) is 0.624. The van der Waals surface area contributed by atoms with E-state index >= 15 is 0 Å². The number of benzene rings is 2. The van der Waals surface area contributed by atoms with Gasteiger partial charge in [-0.25, -0.2) is 0 Å². The van der Waals surface area contributed by atoms with Gasteiger partial charge in [-0.2, -0.15) is 0 Å². The highest BCUT2D eigenvalue weighted by Gasteiger charge is 2.10. The molecule has 3 aromatic rings. The summed E-state index contributed by atoms with van der Waals surface area (Å²) >= 11 is 0. The fourth-order valence-corrected chi connectivity index (χ4v) is 1.94. The number of aromatic nitrogens is 3. The van der Waals surface area contributed by atoms with Gasteiger partial charge in [0.25, 0.3) is 0 Å². The van der Waals surface area contributed by atoms with Crippen molar-refractivity contribution in [2.45, 2.75) is 6.92 Å². The summed E-state index contributed by atoms with van der Waals surface area (Å²) in [4.78, 5) is 1.33. The number of nitrogens with zero attached hydrogens (tertiary/aromatic N) is 3. The van der Waals surface area contributed by atoms with E-state index < -0.39 is 0 Å². The molecular formula is C14H13N3O3. The molecule has 102 valence electrons. The molecule has 0 bridgehead atoms. The van der Waals surface area contributed by atoms with Crippen LogP contribution in [0.5, 0.6) is 17.2 Å². The van der Waals surface area contributed by atoms with E-state index in [0.717, 1.165) is 5.75 Å². The molecular weight excluding hydrogens is 258 g/mol. The topological polar surface area (TPSA) is 80.4 Å². The lowest BCUT2D eigenvalue weighted by Gasteiger charge is -2.02. The first-order valence-corrected chi connectivity index (χ1v) is 6.19. The smallest absolute Gasteiger partial charge is 0.146 e. The van der Waals surface area contributed by atoms with Gasteiger partial charge in [0.2, 0.25) is 0 Å². The van der Waals surface area contributed by atoms with Crippen molar-refractivity contribution < 1.29 is 14.9 Å². The fraction of sp³-hybridized carbons (Fsp3) is 0.143. The molecule has 1 aromatic heterocycles. The first-order valence-electron chi connectivity index (χ1n) is 6.19. The van der Waals surface area contributed by atoms with Crippen molar-refractivity contribution in [2.24, 2.45) is 0 Å². The number of phenols is 2. The van der Waals surface area contributed by atoms with E-state index in [0.29, 0.717) is 23.3 Å². The maximum absolute atomic E-state index is 9.82. The Kier molecular flexibility index (Phi) is 2.90. The van der Waals surface area contributed by atoms with Gasteiger partial charge in [0.15, 0.2) is 0 Å². The van der Waals surface area contributed by atoms with Crippen LogP contribution in [0, 0.1) is 0 Å². The van der Waals surface area contributed by atoms with Crippen LogP contribution in [0.4, 0.5) is 0 Å². The molecule has 0 amide bonds. The Morgan fingerprint density at radius 2 is 1.85 bits per heavy atom. The predicted octanol–water partition coefficient (Wildman–Crippen LogP) is 2.23. The average Bonchev–Trinajstić information content (AvgIpc) is 2.81. The Balaban J connectivity index is 2.08. The molecule has 0 unspecified atom stereocenters. The van der Waals surface area contributed by atoms with Crippen LogP contribution in [0.2, 0.25) is 0 Å². The molecule has 6 nitrogen and oxygen atoms in total. The summed E-state index contributed by atoms with van der Waals surface area (Å²) in [6.07, 6.45) is 0. The van der Waals surface area contributed by atoms with Crippen molar-refractivity contribution >= 4 is 11.0 Å². The molecule has 0 atom stereocenters. The minimum absolute atomic E-state index is 0.0124. The number of ether oxygens (including phenoxy) is 1. The maximum atomic E-state index is 9.82. The van der Waals surface area contributed by atoms with Crippen LogP contribution in [0.25, 0.3) is 16.7 Å². The van der Waals surface area contributed by atoms with Gasteiger partial charge < -0.3 is 14.9 Å². The summed E-state index contributed by atoms with van der Waals surface area (Å²) in [7, 11) is 0. The van der Waals surface area contributed by atoms with Crippen LogP contribution in [0.15, 0.2) is 36.4 Å². The van der Waals surface area contributed by atoms with E-state index in [9.17, 15) is 10.2 Å². The Morgan fingerprint density at radius 1 is 1.05 bits per heavy atom. The summed E-state index contributed by atoms with van der Waals surface area (Å²) < 4.78 is 5.41. The van der Waals surface area contributed by atoms with Gasteiger partial charge in [0.05, 0.1) is 6.61 Å². The zero-order valence-corrected chi connectivity index (χ0v) is 10.8. The van der Waals surface area contributed by atoms with Crippen LogP contribution in [0.3, 0.4) is 0 Å². The Hall–Kier alpha value is -2.76. The normalized spacial score (nSPS) is 10.8. The fourth-order valence-electron chi connectivity index (χ4n) is 1.94. The second-order valence-electron chi connectivity index (χ2n) is 4.25. The van der Waals surface area contributed by atoms with Crippen LogP contribution < -0.4 is 4.74 Å². The average molecular weight is 271 g/mol. The van der Waals surface area contributed by atoms with Crippen LogP contribution >= 0.6 is 0 Å². The monoisotopic (exact) mass is 271 g/mol. The van der Waals surface area contributed by atoms with E-state index in [2.05, 4.69) is 10.2 Å². The molecule has 0 aliphatic heterocycles. The van der Waals surface area contributed by atoms with E-state index in [1.54, 1.807) is 18.2 Å². The zero-order chi connectivity index (χ0) is 14.1. The Labute approximate surface area is 114 Å². The van der Waals surface area contributed by atoms with Gasteiger partial charge in [0.1, 0.15) is 34.0 Å². The molecule has 2 aromatic carbocycles. The standard InChI is InChI=1S/C14H13N3O3/c1-2-20-10-4-5-11-12(8-10)16-17(15-11)13-6-3-9(18)7-14(13)19/h3-8,18-19H,2H2,1H3. The number of fused-ring (bicyclic) bond motifs is 1. The van der Waals surface area contributed by atoms with Gasteiger partial charge in [-0.1, -0.05) is 0 Å². The molecule has 20 heavy (non-hydrogen) atoms. The second-order valence-corrected chi connectivity index (χ2v) is 4.25. The molecule has 0 aliphatic carbocycles. The molecule has 0 saturated carbocycles. The van der Waals surface area contributed by atoms with E-state index in [-0.39, 0.29) is 11.5 Å². The summed E-state index contributed by atoms with van der Waals surface area (Å²) in [6.45, 7) is 2.49. The predicted molar refractivity (Wildman–Crippen MR) is 73.4 cm³/mol. The highest BCUT2D eigenvalue weighted by molar-refractivity contribution is 5.75. The number of rotatable bonds is 3. The molecule has 0 aliphatic rings. The van der Waals surface area contributed by atoms with Gasteiger partial charge in [-0.3, -0.25) is 0 Å². The quantitative estimate of drug-likeness (QED) is 0.763. The number of aromatic hydroxyl groups is 2. The molecule has 3 rings (SSSR count). The number of hydrogen-bond donors (Lipinski definition) is 2. The van der Waals surface area contributed by atoms with Gasteiger partial charge in [0, 0.05) is 12.1 Å². The largest absolute Gasteiger partial charge is 0.508 e. The van der Waals surface area contributed by atoms with Crippen LogP contribution in [0.1, 0.15) is 6.92 Å². The molecule has 1 heterocycles. The first-order chi connectivity index (χ1) is 9.67. The number of phenolic OH excluding ortho intramolecular Hbond substituents is 2. The molecule has 0 radical (unpaired) electrons. The van der Waals surface area contributed by atoms with E-state index in [1.807, 2.05) is 13.0 Å². The minimum Gasteiger partial charge on any atom is -0.508 e. The zero-order valence-electron chi connectivity index (χ0n) is 10.8. The lowest BCUT2D eigenvalue weighted by molar-refractivity contribution is 0.340. The molecule has 0 spiro atoms. The molecule has 6 heteroatoms. The number of hydrogen-bond acceptors (Lipinski definition) is 5. The van der Waals surface area contributed by atoms with Gasteiger partial charge in [-0.15, -0.1) is 15.0 Å². The van der Waals surface area contributed by atoms with Crippen molar-refractivity contribution in [3.05, 3.63) is 36.4 Å². The summed E-state index contributed by atoms with van der Waals surface area (Å²) in [5.41, 5.74) is 1.77. The van der Waals surface area contributed by atoms with Crippen molar-refractivity contribution in [2.75, 3.05) is 6.61 Å². The summed E-state index contributed by atoms with van der Waals surface area (Å²) in [6, 6.07) is 9.68. The van der Waals surface area contributed by atoms with E-state index in [1.165, 1.54) is 16.9 Å². The SMILES string of the molecule is CCOc1ccc2nn(-c3ccc(O)cc3O)nc2c1. The highest BCUT2D eigenvalue weighted by atomic mass is 16.5. The minimum atomic E-state index is -0.0877. The lowest BCUT2D eigenvalue weighted by atomic mass is 10.3. The third-order valence-electron chi connectivity index (χ3n) is 2.84. The van der Waals surface area contributed by atoms with Crippen molar-refractivity contribution in [1.29, 1.82) is 0 Å². The van der Waals surface area contributed by atoms with Crippen LogP contribution in [-0.2, 0) is 0 Å². The van der Waals surface area contributed by atoms with Crippen molar-refractivity contribution in [3.8, 4) is 22.9 Å². The summed E-state index contributed by atoms with van der Waals surface area (Å²) in [5, 5.41) is 27.7. The molecule has 0 saturated heterocycles. The maximum Gasteiger partial charge on any atom is 0.146 e. The van der Waals surface area contributed by atoms with E-state index in [4.69, 9.17) is 4.74 Å².